The molecule has 3 rings (SSSR count). The van der Waals surface area contributed by atoms with Crippen LogP contribution in [0, 0.1) is 6.92 Å². The van der Waals surface area contributed by atoms with Gasteiger partial charge in [0.25, 0.3) is 0 Å². The lowest BCUT2D eigenvalue weighted by Gasteiger charge is -2.12. The van der Waals surface area contributed by atoms with E-state index in [1.807, 2.05) is 55.5 Å². The normalized spacial score (nSPS) is 10.7. The van der Waals surface area contributed by atoms with Crippen LogP contribution in [0.4, 0.5) is 0 Å². The summed E-state index contributed by atoms with van der Waals surface area (Å²) in [4.78, 5) is 16.0. The summed E-state index contributed by atoms with van der Waals surface area (Å²) in [5.74, 6) is 0. The van der Waals surface area contributed by atoms with Crippen LogP contribution in [0.5, 0.6) is 0 Å². The van der Waals surface area contributed by atoms with Crippen molar-refractivity contribution in [2.24, 2.45) is 0 Å². The predicted molar refractivity (Wildman–Crippen MR) is 82.3 cm³/mol. The molecule has 98 valence electrons. The molecule has 1 heterocycles. The van der Waals surface area contributed by atoms with E-state index in [2.05, 4.69) is 4.98 Å². The van der Waals surface area contributed by atoms with E-state index in [9.17, 15) is 4.79 Å². The third kappa shape index (κ3) is 2.08. The molecule has 2 nitrogen and oxygen atoms in total. The number of nitrogens with zero attached hydrogens (tertiary/aromatic N) is 1. The second kappa shape index (κ2) is 5.06. The standard InChI is InChI=1S/C17H12ClNO/c1-11-15(10-20)17(12-5-3-2-4-6-12)14-9-13(18)7-8-16(14)19-11/h2-10H,1H3. The first kappa shape index (κ1) is 12.8. The maximum Gasteiger partial charge on any atom is 0.152 e. The summed E-state index contributed by atoms with van der Waals surface area (Å²) >= 11 is 6.10. The van der Waals surface area contributed by atoms with Crippen molar-refractivity contribution in [3.8, 4) is 11.1 Å². The fourth-order valence-corrected chi connectivity index (χ4v) is 2.61. The van der Waals surface area contributed by atoms with Crippen molar-refractivity contribution < 1.29 is 4.79 Å². The summed E-state index contributed by atoms with van der Waals surface area (Å²) < 4.78 is 0. The lowest BCUT2D eigenvalue weighted by molar-refractivity contribution is 0.112. The smallest absolute Gasteiger partial charge is 0.152 e. The summed E-state index contributed by atoms with van der Waals surface area (Å²) in [5.41, 5.74) is 4.08. The predicted octanol–water partition coefficient (Wildman–Crippen LogP) is 4.68. The average molecular weight is 282 g/mol. The summed E-state index contributed by atoms with van der Waals surface area (Å²) in [5, 5.41) is 1.54. The van der Waals surface area contributed by atoms with Crippen LogP contribution in [0.1, 0.15) is 16.1 Å². The Morgan fingerprint density at radius 2 is 1.85 bits per heavy atom. The Morgan fingerprint density at radius 3 is 2.55 bits per heavy atom. The highest BCUT2D eigenvalue weighted by molar-refractivity contribution is 6.31. The number of halogens is 1. The van der Waals surface area contributed by atoms with Crippen LogP contribution in [0.2, 0.25) is 5.02 Å². The van der Waals surface area contributed by atoms with Gasteiger partial charge in [-0.05, 0) is 30.7 Å². The van der Waals surface area contributed by atoms with Crippen molar-refractivity contribution >= 4 is 28.8 Å². The van der Waals surface area contributed by atoms with Gasteiger partial charge in [-0.1, -0.05) is 41.9 Å². The van der Waals surface area contributed by atoms with Crippen molar-refractivity contribution in [2.45, 2.75) is 6.92 Å². The van der Waals surface area contributed by atoms with Crippen LogP contribution < -0.4 is 0 Å². The monoisotopic (exact) mass is 281 g/mol. The van der Waals surface area contributed by atoms with Gasteiger partial charge in [0.15, 0.2) is 6.29 Å². The Balaban J connectivity index is 2.48. The van der Waals surface area contributed by atoms with Crippen LogP contribution in [0.3, 0.4) is 0 Å². The number of aryl methyl sites for hydroxylation is 1. The van der Waals surface area contributed by atoms with Gasteiger partial charge in [0, 0.05) is 27.2 Å². The summed E-state index contributed by atoms with van der Waals surface area (Å²) in [6.07, 6.45) is 0.866. The maximum absolute atomic E-state index is 11.5. The number of hydrogen-bond donors (Lipinski definition) is 0. The van der Waals surface area contributed by atoms with Crippen LogP contribution in [0.25, 0.3) is 22.0 Å². The van der Waals surface area contributed by atoms with Gasteiger partial charge < -0.3 is 0 Å². The third-order valence-electron chi connectivity index (χ3n) is 3.36. The Hall–Kier alpha value is -2.19. The zero-order valence-corrected chi connectivity index (χ0v) is 11.7. The topological polar surface area (TPSA) is 30.0 Å². The molecule has 2 aromatic carbocycles. The lowest BCUT2D eigenvalue weighted by Crippen LogP contribution is -1.97. The summed E-state index contributed by atoms with van der Waals surface area (Å²) in [7, 11) is 0. The number of carbonyl (C=O) groups is 1. The lowest BCUT2D eigenvalue weighted by atomic mass is 9.95. The molecule has 0 bridgehead atoms. The van der Waals surface area contributed by atoms with Gasteiger partial charge in [0.05, 0.1) is 5.52 Å². The van der Waals surface area contributed by atoms with E-state index in [1.165, 1.54) is 0 Å². The van der Waals surface area contributed by atoms with Gasteiger partial charge in [-0.15, -0.1) is 0 Å². The van der Waals surface area contributed by atoms with Gasteiger partial charge >= 0.3 is 0 Å². The minimum Gasteiger partial charge on any atom is -0.298 e. The van der Waals surface area contributed by atoms with Crippen LogP contribution in [-0.4, -0.2) is 11.3 Å². The van der Waals surface area contributed by atoms with Gasteiger partial charge in [0.1, 0.15) is 0 Å². The Bertz CT molecular complexity index is 797. The molecule has 3 aromatic rings. The van der Waals surface area contributed by atoms with E-state index in [0.29, 0.717) is 10.6 Å². The molecule has 0 N–H and O–H groups in total. The number of carbonyl (C=O) groups excluding carboxylic acids is 1. The fraction of sp³-hybridized carbons (Fsp3) is 0.0588. The Morgan fingerprint density at radius 1 is 1.10 bits per heavy atom. The quantitative estimate of drug-likeness (QED) is 0.639. The molecular formula is C17H12ClNO. The van der Waals surface area contributed by atoms with E-state index in [-0.39, 0.29) is 0 Å². The molecule has 3 heteroatoms. The van der Waals surface area contributed by atoms with Crippen molar-refractivity contribution in [1.82, 2.24) is 4.98 Å². The molecule has 0 spiro atoms. The second-order valence-corrected chi connectivity index (χ2v) is 5.07. The molecule has 1 aromatic heterocycles. The first-order valence-corrected chi connectivity index (χ1v) is 6.69. The molecule has 20 heavy (non-hydrogen) atoms. The molecule has 0 aliphatic rings. The second-order valence-electron chi connectivity index (χ2n) is 4.63. The minimum absolute atomic E-state index is 0.617. The number of benzene rings is 2. The molecule has 0 saturated heterocycles. The van der Waals surface area contributed by atoms with E-state index in [1.54, 1.807) is 0 Å². The summed E-state index contributed by atoms with van der Waals surface area (Å²) in [6, 6.07) is 15.4. The Labute approximate surface area is 122 Å². The van der Waals surface area contributed by atoms with Gasteiger partial charge in [-0.3, -0.25) is 9.78 Å². The first-order valence-electron chi connectivity index (χ1n) is 6.31. The number of pyridine rings is 1. The van der Waals surface area contributed by atoms with E-state index in [0.717, 1.165) is 34.0 Å². The van der Waals surface area contributed by atoms with Crippen molar-refractivity contribution in [3.63, 3.8) is 0 Å². The number of fused-ring (bicyclic) bond motifs is 1. The molecule has 0 radical (unpaired) electrons. The minimum atomic E-state index is 0.617. The number of aldehydes is 1. The summed E-state index contributed by atoms with van der Waals surface area (Å²) in [6.45, 7) is 1.85. The van der Waals surface area contributed by atoms with Crippen LogP contribution >= 0.6 is 11.6 Å². The number of aromatic nitrogens is 1. The third-order valence-corrected chi connectivity index (χ3v) is 3.59. The molecule has 0 aliphatic carbocycles. The molecule has 0 saturated carbocycles. The van der Waals surface area contributed by atoms with E-state index < -0.39 is 0 Å². The number of rotatable bonds is 2. The van der Waals surface area contributed by atoms with Crippen molar-refractivity contribution in [3.05, 3.63) is 64.8 Å². The molecule has 0 amide bonds. The van der Waals surface area contributed by atoms with Gasteiger partial charge in [0.2, 0.25) is 0 Å². The average Bonchev–Trinajstić information content (AvgIpc) is 2.47. The largest absolute Gasteiger partial charge is 0.298 e. The van der Waals surface area contributed by atoms with Gasteiger partial charge in [-0.25, -0.2) is 0 Å². The van der Waals surface area contributed by atoms with Crippen molar-refractivity contribution in [1.29, 1.82) is 0 Å². The fourth-order valence-electron chi connectivity index (χ4n) is 2.43. The van der Waals surface area contributed by atoms with E-state index in [4.69, 9.17) is 11.6 Å². The van der Waals surface area contributed by atoms with E-state index >= 15 is 0 Å². The molecule has 0 fully saturated rings. The highest BCUT2D eigenvalue weighted by Gasteiger charge is 2.14. The molecular weight excluding hydrogens is 270 g/mol. The zero-order chi connectivity index (χ0) is 14.1. The molecule has 0 aliphatic heterocycles. The number of hydrogen-bond acceptors (Lipinski definition) is 2. The highest BCUT2D eigenvalue weighted by Crippen LogP contribution is 2.33. The van der Waals surface area contributed by atoms with Crippen molar-refractivity contribution in [2.75, 3.05) is 0 Å². The van der Waals surface area contributed by atoms with Crippen LogP contribution in [-0.2, 0) is 0 Å². The SMILES string of the molecule is Cc1nc2ccc(Cl)cc2c(-c2ccccc2)c1C=O. The molecule has 0 unspecified atom stereocenters. The van der Waals surface area contributed by atoms with Crippen LogP contribution in [0.15, 0.2) is 48.5 Å². The Kier molecular flexibility index (Phi) is 3.25. The molecule has 0 atom stereocenters. The first-order chi connectivity index (χ1) is 9.70. The highest BCUT2D eigenvalue weighted by atomic mass is 35.5. The zero-order valence-electron chi connectivity index (χ0n) is 10.9. The van der Waals surface area contributed by atoms with Gasteiger partial charge in [-0.2, -0.15) is 0 Å². The maximum atomic E-state index is 11.5.